The molecule has 2 aliphatic heterocycles. The highest BCUT2D eigenvalue weighted by Gasteiger charge is 2.38. The van der Waals surface area contributed by atoms with E-state index in [-0.39, 0.29) is 11.7 Å². The molecule has 2 aliphatic rings. The number of carbonyl (C=O) groups excluding carboxylic acids is 1. The Morgan fingerprint density at radius 3 is 3.11 bits per heavy atom. The summed E-state index contributed by atoms with van der Waals surface area (Å²) in [4.78, 5) is 14.3. The molecule has 1 aromatic rings. The first-order chi connectivity index (χ1) is 8.75. The standard InChI is InChI=1S/C14H17FN2O/c15-12-3-1-2-10(8-12)14(18)17-7-5-11-9-16-6-4-13(11)17/h1-3,8,11,13,16H,4-7,9H2/t11-,13-/m1/s1. The fourth-order valence-corrected chi connectivity index (χ4v) is 3.12. The third-order valence-electron chi connectivity index (χ3n) is 4.04. The number of benzene rings is 1. The Hall–Kier alpha value is -1.42. The van der Waals surface area contributed by atoms with Crippen LogP contribution >= 0.6 is 0 Å². The Kier molecular flexibility index (Phi) is 3.04. The van der Waals surface area contributed by atoms with E-state index in [0.29, 0.717) is 17.5 Å². The molecule has 1 N–H and O–H groups in total. The van der Waals surface area contributed by atoms with Crippen molar-refractivity contribution in [2.45, 2.75) is 18.9 Å². The second-order valence-electron chi connectivity index (χ2n) is 5.12. The van der Waals surface area contributed by atoms with Crippen LogP contribution in [0.2, 0.25) is 0 Å². The van der Waals surface area contributed by atoms with Gasteiger partial charge in [0.1, 0.15) is 5.82 Å². The van der Waals surface area contributed by atoms with Gasteiger partial charge in [0.05, 0.1) is 0 Å². The quantitative estimate of drug-likeness (QED) is 0.819. The molecule has 0 aliphatic carbocycles. The van der Waals surface area contributed by atoms with Crippen LogP contribution in [-0.2, 0) is 0 Å². The maximum Gasteiger partial charge on any atom is 0.254 e. The van der Waals surface area contributed by atoms with Crippen LogP contribution in [0.1, 0.15) is 23.2 Å². The Balaban J connectivity index is 1.80. The van der Waals surface area contributed by atoms with Crippen LogP contribution in [-0.4, -0.2) is 36.5 Å². The van der Waals surface area contributed by atoms with Gasteiger partial charge in [-0.2, -0.15) is 0 Å². The number of piperidine rings is 1. The number of nitrogens with zero attached hydrogens (tertiary/aromatic N) is 1. The fourth-order valence-electron chi connectivity index (χ4n) is 3.12. The van der Waals surface area contributed by atoms with Crippen molar-refractivity contribution in [3.05, 3.63) is 35.6 Å². The predicted molar refractivity (Wildman–Crippen MR) is 66.8 cm³/mol. The molecular formula is C14H17FN2O. The van der Waals surface area contributed by atoms with Crippen molar-refractivity contribution in [2.75, 3.05) is 19.6 Å². The smallest absolute Gasteiger partial charge is 0.254 e. The molecule has 0 aromatic heterocycles. The molecule has 0 spiro atoms. The number of amides is 1. The molecular weight excluding hydrogens is 231 g/mol. The Morgan fingerprint density at radius 2 is 2.28 bits per heavy atom. The van der Waals surface area contributed by atoms with Gasteiger partial charge in [-0.1, -0.05) is 6.07 Å². The largest absolute Gasteiger partial charge is 0.335 e. The van der Waals surface area contributed by atoms with Gasteiger partial charge in [-0.05, 0) is 50.0 Å². The molecule has 2 fully saturated rings. The summed E-state index contributed by atoms with van der Waals surface area (Å²) >= 11 is 0. The zero-order valence-electron chi connectivity index (χ0n) is 10.2. The van der Waals surface area contributed by atoms with Gasteiger partial charge >= 0.3 is 0 Å². The minimum absolute atomic E-state index is 0.0242. The summed E-state index contributed by atoms with van der Waals surface area (Å²) in [6, 6.07) is 6.32. The van der Waals surface area contributed by atoms with Gasteiger partial charge in [-0.3, -0.25) is 4.79 Å². The zero-order valence-corrected chi connectivity index (χ0v) is 10.2. The molecule has 2 heterocycles. The van der Waals surface area contributed by atoms with Gasteiger partial charge in [0.2, 0.25) is 0 Å². The topological polar surface area (TPSA) is 32.3 Å². The van der Waals surface area contributed by atoms with Gasteiger partial charge in [0, 0.05) is 18.2 Å². The molecule has 2 atom stereocenters. The van der Waals surface area contributed by atoms with Gasteiger partial charge in [-0.15, -0.1) is 0 Å². The number of rotatable bonds is 1. The average molecular weight is 248 g/mol. The third-order valence-corrected chi connectivity index (χ3v) is 4.04. The van der Waals surface area contributed by atoms with Crippen molar-refractivity contribution < 1.29 is 9.18 Å². The third kappa shape index (κ3) is 2.01. The molecule has 18 heavy (non-hydrogen) atoms. The van der Waals surface area contributed by atoms with Crippen molar-refractivity contribution in [1.29, 1.82) is 0 Å². The number of nitrogens with one attached hydrogen (secondary N) is 1. The van der Waals surface area contributed by atoms with Gasteiger partial charge in [-0.25, -0.2) is 4.39 Å². The molecule has 2 saturated heterocycles. The summed E-state index contributed by atoms with van der Waals surface area (Å²) < 4.78 is 13.2. The molecule has 1 amide bonds. The van der Waals surface area contributed by atoms with E-state index in [2.05, 4.69) is 5.32 Å². The molecule has 0 unspecified atom stereocenters. The Bertz CT molecular complexity index is 463. The molecule has 3 nitrogen and oxygen atoms in total. The molecule has 4 heteroatoms. The summed E-state index contributed by atoms with van der Waals surface area (Å²) in [6.07, 6.45) is 2.06. The SMILES string of the molecule is O=C(c1cccc(F)c1)N1CC[C@@H]2CNCC[C@H]21. The lowest BCUT2D eigenvalue weighted by Crippen LogP contribution is -2.45. The first kappa shape index (κ1) is 11.7. The second kappa shape index (κ2) is 4.69. The average Bonchev–Trinajstić information content (AvgIpc) is 2.82. The normalized spacial score (nSPS) is 27.1. The van der Waals surface area contributed by atoms with Crippen molar-refractivity contribution in [3.63, 3.8) is 0 Å². The van der Waals surface area contributed by atoms with E-state index in [4.69, 9.17) is 0 Å². The van der Waals surface area contributed by atoms with E-state index < -0.39 is 0 Å². The lowest BCUT2D eigenvalue weighted by atomic mass is 9.94. The highest BCUT2D eigenvalue weighted by atomic mass is 19.1. The highest BCUT2D eigenvalue weighted by molar-refractivity contribution is 5.94. The van der Waals surface area contributed by atoms with E-state index in [9.17, 15) is 9.18 Å². The van der Waals surface area contributed by atoms with E-state index in [1.165, 1.54) is 12.1 Å². The summed E-state index contributed by atoms with van der Waals surface area (Å²) in [5.41, 5.74) is 0.467. The monoisotopic (exact) mass is 248 g/mol. The highest BCUT2D eigenvalue weighted by Crippen LogP contribution is 2.29. The van der Waals surface area contributed by atoms with Crippen LogP contribution in [0.25, 0.3) is 0 Å². The summed E-state index contributed by atoms with van der Waals surface area (Å²) in [5, 5.41) is 3.37. The zero-order chi connectivity index (χ0) is 12.5. The minimum Gasteiger partial charge on any atom is -0.335 e. The number of hydrogen-bond donors (Lipinski definition) is 1. The Morgan fingerprint density at radius 1 is 1.39 bits per heavy atom. The molecule has 3 rings (SSSR count). The summed E-state index contributed by atoms with van der Waals surface area (Å²) in [7, 11) is 0. The van der Waals surface area contributed by atoms with Gasteiger partial charge < -0.3 is 10.2 Å². The first-order valence-corrected chi connectivity index (χ1v) is 6.53. The molecule has 96 valence electrons. The maximum absolute atomic E-state index is 13.2. The summed E-state index contributed by atoms with van der Waals surface area (Å²) in [5.74, 6) is 0.196. The maximum atomic E-state index is 13.2. The van der Waals surface area contributed by atoms with Gasteiger partial charge in [0.25, 0.3) is 5.91 Å². The number of halogens is 1. The van der Waals surface area contributed by atoms with Crippen LogP contribution in [0.15, 0.2) is 24.3 Å². The van der Waals surface area contributed by atoms with Gasteiger partial charge in [0.15, 0.2) is 0 Å². The van der Waals surface area contributed by atoms with Crippen LogP contribution < -0.4 is 5.32 Å². The van der Waals surface area contributed by atoms with E-state index in [1.54, 1.807) is 12.1 Å². The van der Waals surface area contributed by atoms with Crippen LogP contribution in [0.4, 0.5) is 4.39 Å². The van der Waals surface area contributed by atoms with Crippen molar-refractivity contribution >= 4 is 5.91 Å². The number of carbonyl (C=O) groups is 1. The van der Waals surface area contributed by atoms with E-state index in [0.717, 1.165) is 32.5 Å². The number of likely N-dealkylation sites (tertiary alicyclic amines) is 1. The molecule has 1 aromatic carbocycles. The van der Waals surface area contributed by atoms with Crippen LogP contribution in [0.3, 0.4) is 0 Å². The number of fused-ring (bicyclic) bond motifs is 1. The van der Waals surface area contributed by atoms with Crippen molar-refractivity contribution in [2.24, 2.45) is 5.92 Å². The first-order valence-electron chi connectivity index (χ1n) is 6.53. The Labute approximate surface area is 106 Å². The summed E-state index contributed by atoms with van der Waals surface area (Å²) in [6.45, 7) is 2.76. The van der Waals surface area contributed by atoms with E-state index in [1.807, 2.05) is 4.90 Å². The van der Waals surface area contributed by atoms with Crippen LogP contribution in [0, 0.1) is 11.7 Å². The lowest BCUT2D eigenvalue weighted by Gasteiger charge is -2.32. The molecule has 0 bridgehead atoms. The number of hydrogen-bond acceptors (Lipinski definition) is 2. The second-order valence-corrected chi connectivity index (χ2v) is 5.12. The van der Waals surface area contributed by atoms with Crippen LogP contribution in [0.5, 0.6) is 0 Å². The fraction of sp³-hybridized carbons (Fsp3) is 0.500. The lowest BCUT2D eigenvalue weighted by molar-refractivity contribution is 0.0697. The predicted octanol–water partition coefficient (Wildman–Crippen LogP) is 1.65. The van der Waals surface area contributed by atoms with Crippen molar-refractivity contribution in [3.8, 4) is 0 Å². The molecule has 0 radical (unpaired) electrons. The van der Waals surface area contributed by atoms with Crippen molar-refractivity contribution in [1.82, 2.24) is 10.2 Å². The van der Waals surface area contributed by atoms with E-state index >= 15 is 0 Å². The molecule has 0 saturated carbocycles. The minimum atomic E-state index is -0.345.